The number of hydrogen-bond acceptors (Lipinski definition) is 8. The minimum absolute atomic E-state index is 0.0205. The summed E-state index contributed by atoms with van der Waals surface area (Å²) in [5, 5.41) is 6.73. The molecule has 5 rings (SSSR count). The van der Waals surface area contributed by atoms with Crippen LogP contribution in [0.2, 0.25) is 0 Å². The molecule has 4 aliphatic rings. The van der Waals surface area contributed by atoms with Gasteiger partial charge < -0.3 is 29.7 Å². The van der Waals surface area contributed by atoms with E-state index in [1.807, 2.05) is 6.92 Å². The molecular weight excluding hydrogens is 558 g/mol. The number of likely N-dealkylation sites (tertiary alicyclic amines) is 1. The van der Waals surface area contributed by atoms with Crippen molar-refractivity contribution in [2.24, 2.45) is 5.92 Å². The Balaban J connectivity index is 1.10. The lowest BCUT2D eigenvalue weighted by molar-refractivity contribution is -0.303. The fourth-order valence-electron chi connectivity index (χ4n) is 6.14. The highest BCUT2D eigenvalue weighted by atomic mass is 19.4. The van der Waals surface area contributed by atoms with Crippen molar-refractivity contribution < 1.29 is 36.6 Å². The number of nitrogens with one attached hydrogen (secondary N) is 2. The van der Waals surface area contributed by atoms with Crippen LogP contribution >= 0.6 is 0 Å². The zero-order valence-electron chi connectivity index (χ0n) is 23.7. The topological polar surface area (TPSA) is 97.8 Å². The Kier molecular flexibility index (Phi) is 10.00. The van der Waals surface area contributed by atoms with Crippen molar-refractivity contribution in [2.75, 3.05) is 38.2 Å². The number of anilines is 1. The predicted molar refractivity (Wildman–Crippen MR) is 146 cm³/mol. The molecule has 3 fully saturated rings. The Bertz CT molecular complexity index is 1140. The largest absolute Gasteiger partial charge is 0.573 e. The van der Waals surface area contributed by atoms with Crippen molar-refractivity contribution in [3.8, 4) is 0 Å². The van der Waals surface area contributed by atoms with E-state index in [4.69, 9.17) is 9.47 Å². The van der Waals surface area contributed by atoms with Gasteiger partial charge in [-0.05, 0) is 64.0 Å². The highest BCUT2D eigenvalue weighted by Crippen LogP contribution is 2.32. The summed E-state index contributed by atoms with van der Waals surface area (Å²) in [4.78, 5) is 23.8. The highest BCUT2D eigenvalue weighted by molar-refractivity contribution is 5.94. The summed E-state index contributed by atoms with van der Waals surface area (Å²) >= 11 is 0. The first-order chi connectivity index (χ1) is 20.2. The zero-order chi connectivity index (χ0) is 29.7. The number of piperidine rings is 1. The maximum Gasteiger partial charge on any atom is 0.573 e. The Morgan fingerprint density at radius 3 is 2.69 bits per heavy atom. The van der Waals surface area contributed by atoms with Crippen LogP contribution in [0, 0.1) is 12.8 Å². The monoisotopic (exact) mass is 597 g/mol. The van der Waals surface area contributed by atoms with Gasteiger partial charge in [-0.3, -0.25) is 4.79 Å². The number of rotatable bonds is 8. The van der Waals surface area contributed by atoms with E-state index < -0.39 is 12.5 Å². The molecule has 4 heterocycles. The van der Waals surface area contributed by atoms with Gasteiger partial charge >= 0.3 is 6.36 Å². The normalized spacial score (nSPS) is 29.2. The second kappa shape index (κ2) is 13.7. The van der Waals surface area contributed by atoms with E-state index >= 15 is 0 Å². The minimum atomic E-state index is -4.70. The molecule has 1 aromatic heterocycles. The third-order valence-corrected chi connectivity index (χ3v) is 8.49. The van der Waals surface area contributed by atoms with Crippen molar-refractivity contribution in [1.82, 2.24) is 20.2 Å². The smallest absolute Gasteiger partial charge is 0.406 e. The second-order valence-corrected chi connectivity index (χ2v) is 11.4. The number of hydrogen-bond donors (Lipinski definition) is 2. The van der Waals surface area contributed by atoms with Gasteiger partial charge in [0.15, 0.2) is 0 Å². The lowest BCUT2D eigenvalue weighted by atomic mass is 9.88. The molecule has 13 heteroatoms. The molecule has 42 heavy (non-hydrogen) atoms. The van der Waals surface area contributed by atoms with Crippen LogP contribution in [0.15, 0.2) is 30.3 Å². The first-order valence-corrected chi connectivity index (χ1v) is 14.8. The number of amides is 1. The van der Waals surface area contributed by atoms with E-state index in [0.717, 1.165) is 32.1 Å². The first kappa shape index (κ1) is 30.7. The molecule has 0 saturated carbocycles. The summed E-state index contributed by atoms with van der Waals surface area (Å²) in [6.45, 7) is 4.12. The van der Waals surface area contributed by atoms with Gasteiger partial charge in [-0.1, -0.05) is 6.08 Å². The van der Waals surface area contributed by atoms with Gasteiger partial charge in [0.2, 0.25) is 0 Å². The molecule has 2 N–H and O–H groups in total. The van der Waals surface area contributed by atoms with Gasteiger partial charge in [-0.2, -0.15) is 0 Å². The lowest BCUT2D eigenvalue weighted by Gasteiger charge is -2.36. The number of allylic oxidation sites excluding steroid dienone is 2. The molecule has 1 aromatic rings. The Hall–Kier alpha value is -2.77. The Morgan fingerprint density at radius 2 is 1.98 bits per heavy atom. The van der Waals surface area contributed by atoms with E-state index in [-0.39, 0.29) is 48.5 Å². The molecule has 3 aliphatic heterocycles. The molecule has 5 atom stereocenters. The minimum Gasteiger partial charge on any atom is -0.406 e. The predicted octanol–water partition coefficient (Wildman–Crippen LogP) is 4.45. The van der Waals surface area contributed by atoms with Crippen LogP contribution in [-0.2, 0) is 14.2 Å². The molecule has 0 aromatic carbocycles. The summed E-state index contributed by atoms with van der Waals surface area (Å²) in [6.07, 6.45) is 5.18. The van der Waals surface area contributed by atoms with E-state index in [2.05, 4.69) is 25.3 Å². The molecule has 1 amide bonds. The summed E-state index contributed by atoms with van der Waals surface area (Å²) in [6, 6.07) is -0.0392. The molecule has 232 valence electrons. The fraction of sp³-hybridized carbons (Fsp3) is 0.690. The maximum absolute atomic E-state index is 14.1. The Morgan fingerprint density at radius 1 is 1.17 bits per heavy atom. The van der Waals surface area contributed by atoms with Gasteiger partial charge in [0.05, 0.1) is 18.8 Å². The summed E-state index contributed by atoms with van der Waals surface area (Å²) < 4.78 is 67.1. The van der Waals surface area contributed by atoms with Crippen molar-refractivity contribution in [3.05, 3.63) is 41.6 Å². The van der Waals surface area contributed by atoms with Gasteiger partial charge in [-0.15, -0.1) is 13.2 Å². The standard InChI is InChI=1S/C29H39F4N5O4/c1-18-26(28(39)38-12-9-20(10-13-38)37-24-11-14-40-16-23(24)30)35-17-36-27(18)34-15-22-3-2-4-25(41-22)19-5-7-21(8-6-19)42-29(31,32)33/h5,7-8,17,19-20,22-25,37H,2-4,6,9-16H2,1H3,(H,34,35,36)/t19?,22-,23?,24?,25+/m1/s1. The first-order valence-electron chi connectivity index (χ1n) is 14.8. The molecule has 3 unspecified atom stereocenters. The molecule has 0 radical (unpaired) electrons. The molecule has 0 spiro atoms. The van der Waals surface area contributed by atoms with Crippen LogP contribution in [0.1, 0.15) is 61.0 Å². The van der Waals surface area contributed by atoms with Crippen molar-refractivity contribution in [2.45, 2.75) is 88.7 Å². The van der Waals surface area contributed by atoms with Crippen LogP contribution in [0.3, 0.4) is 0 Å². The SMILES string of the molecule is Cc1c(NC[C@H]2CCC[C@@H](C3C=CC(OC(F)(F)F)=CC3)O2)ncnc1C(=O)N1CCC(NC2CCOCC2F)CC1. The molecule has 9 nitrogen and oxygen atoms in total. The van der Waals surface area contributed by atoms with E-state index in [0.29, 0.717) is 56.2 Å². The molecule has 0 bridgehead atoms. The van der Waals surface area contributed by atoms with Crippen LogP contribution in [0.25, 0.3) is 0 Å². The average Bonchev–Trinajstić information content (AvgIpc) is 2.98. The van der Waals surface area contributed by atoms with Crippen LogP contribution in [0.5, 0.6) is 0 Å². The molecule has 1 aliphatic carbocycles. The van der Waals surface area contributed by atoms with Crippen LogP contribution in [0.4, 0.5) is 23.4 Å². The number of halogens is 4. The average molecular weight is 598 g/mol. The summed E-state index contributed by atoms with van der Waals surface area (Å²) in [5.41, 5.74) is 1.01. The number of carbonyl (C=O) groups excluding carboxylic acids is 1. The number of ether oxygens (including phenoxy) is 3. The highest BCUT2D eigenvalue weighted by Gasteiger charge is 2.34. The number of nitrogens with zero attached hydrogens (tertiary/aromatic N) is 3. The van der Waals surface area contributed by atoms with Gasteiger partial charge in [0.25, 0.3) is 5.91 Å². The summed E-state index contributed by atoms with van der Waals surface area (Å²) in [5.74, 6) is 0.209. The molecule has 3 saturated heterocycles. The zero-order valence-corrected chi connectivity index (χ0v) is 23.7. The van der Waals surface area contributed by atoms with Gasteiger partial charge in [0, 0.05) is 49.8 Å². The van der Waals surface area contributed by atoms with Crippen molar-refractivity contribution in [3.63, 3.8) is 0 Å². The quantitative estimate of drug-likeness (QED) is 0.425. The Labute approximate surface area is 243 Å². The third kappa shape index (κ3) is 7.99. The molecular formula is C29H39F4N5O4. The van der Waals surface area contributed by atoms with E-state index in [1.165, 1.54) is 18.5 Å². The van der Waals surface area contributed by atoms with Gasteiger partial charge in [-0.25, -0.2) is 14.4 Å². The lowest BCUT2D eigenvalue weighted by Crippen LogP contribution is -2.52. The van der Waals surface area contributed by atoms with Crippen LogP contribution in [-0.4, -0.2) is 90.4 Å². The maximum atomic E-state index is 14.1. The number of carbonyl (C=O) groups is 1. The van der Waals surface area contributed by atoms with Gasteiger partial charge in [0.1, 0.15) is 29.8 Å². The van der Waals surface area contributed by atoms with E-state index in [1.54, 1.807) is 11.0 Å². The van der Waals surface area contributed by atoms with E-state index in [9.17, 15) is 22.4 Å². The number of aromatic nitrogens is 2. The van der Waals surface area contributed by atoms with Crippen molar-refractivity contribution in [1.29, 1.82) is 0 Å². The van der Waals surface area contributed by atoms with Crippen LogP contribution < -0.4 is 10.6 Å². The second-order valence-electron chi connectivity index (χ2n) is 11.4. The fourth-order valence-corrected chi connectivity index (χ4v) is 6.14. The summed E-state index contributed by atoms with van der Waals surface area (Å²) in [7, 11) is 0. The third-order valence-electron chi connectivity index (χ3n) is 8.49. The number of alkyl halides is 4. The van der Waals surface area contributed by atoms with Crippen molar-refractivity contribution >= 4 is 11.7 Å².